The Morgan fingerprint density at radius 1 is 1.27 bits per heavy atom. The van der Waals surface area contributed by atoms with Crippen molar-refractivity contribution in [3.63, 3.8) is 0 Å². The Kier molecular flexibility index (Phi) is 6.45. The predicted molar refractivity (Wildman–Crippen MR) is 91.2 cm³/mol. The molecule has 2 heteroatoms. The van der Waals surface area contributed by atoms with E-state index in [1.165, 1.54) is 0 Å². The van der Waals surface area contributed by atoms with E-state index in [4.69, 9.17) is 4.74 Å². The molecule has 22 heavy (non-hydrogen) atoms. The van der Waals surface area contributed by atoms with Crippen molar-refractivity contribution in [1.29, 1.82) is 0 Å². The summed E-state index contributed by atoms with van der Waals surface area (Å²) in [5.74, 6) is 1.08. The zero-order valence-corrected chi connectivity index (χ0v) is 13.6. The molecule has 3 atom stereocenters. The Bertz CT molecular complexity index is 516. The molecule has 2 rings (SSSR count). The molecule has 0 aromatic heterocycles. The van der Waals surface area contributed by atoms with Gasteiger partial charge in [-0.3, -0.25) is 4.79 Å². The Morgan fingerprint density at radius 3 is 2.73 bits per heavy atom. The van der Waals surface area contributed by atoms with Crippen LogP contribution in [0.3, 0.4) is 0 Å². The van der Waals surface area contributed by atoms with E-state index in [9.17, 15) is 4.79 Å². The number of rotatable bonds is 6. The standard InChI is InChI=1S/C20H26O2/c1-3-17-10-7-11-19(21)20(17)18(14-15-22-2)13-12-16-8-5-4-6-9-16/h4-6,8-9,12-15,17-18,20H,3,7,10-11H2,1-2H3/b13-12+,15-14-/t17-,18+,20-/m0/s1. The third-order valence-electron chi connectivity index (χ3n) is 4.56. The van der Waals surface area contributed by atoms with Crippen molar-refractivity contribution in [3.8, 4) is 0 Å². The van der Waals surface area contributed by atoms with Gasteiger partial charge in [-0.15, -0.1) is 0 Å². The minimum absolute atomic E-state index is 0.0881. The number of methoxy groups -OCH3 is 1. The molecular formula is C20H26O2. The van der Waals surface area contributed by atoms with Crippen molar-refractivity contribution >= 4 is 11.9 Å². The summed E-state index contributed by atoms with van der Waals surface area (Å²) in [5, 5.41) is 0. The van der Waals surface area contributed by atoms with Crippen LogP contribution in [-0.2, 0) is 9.53 Å². The third-order valence-corrected chi connectivity index (χ3v) is 4.56. The van der Waals surface area contributed by atoms with Gasteiger partial charge in [0.15, 0.2) is 0 Å². The minimum atomic E-state index is 0.0881. The molecule has 0 saturated heterocycles. The number of hydrogen-bond acceptors (Lipinski definition) is 2. The fourth-order valence-corrected chi connectivity index (χ4v) is 3.39. The Balaban J connectivity index is 2.22. The maximum atomic E-state index is 12.5. The first-order valence-electron chi connectivity index (χ1n) is 8.21. The van der Waals surface area contributed by atoms with E-state index in [1.54, 1.807) is 13.4 Å². The molecule has 1 fully saturated rings. The zero-order chi connectivity index (χ0) is 15.8. The fourth-order valence-electron chi connectivity index (χ4n) is 3.39. The third kappa shape index (κ3) is 4.33. The van der Waals surface area contributed by atoms with Gasteiger partial charge in [0.1, 0.15) is 5.78 Å². The van der Waals surface area contributed by atoms with Gasteiger partial charge in [0.25, 0.3) is 0 Å². The van der Waals surface area contributed by atoms with Crippen LogP contribution in [0.15, 0.2) is 48.7 Å². The number of benzene rings is 1. The summed E-state index contributed by atoms with van der Waals surface area (Å²) in [7, 11) is 1.65. The lowest BCUT2D eigenvalue weighted by Crippen LogP contribution is -2.33. The van der Waals surface area contributed by atoms with E-state index in [0.29, 0.717) is 11.7 Å². The molecule has 0 spiro atoms. The van der Waals surface area contributed by atoms with Gasteiger partial charge in [-0.2, -0.15) is 0 Å². The quantitative estimate of drug-likeness (QED) is 0.700. The van der Waals surface area contributed by atoms with E-state index >= 15 is 0 Å². The summed E-state index contributed by atoms with van der Waals surface area (Å²) >= 11 is 0. The van der Waals surface area contributed by atoms with Crippen LogP contribution in [0, 0.1) is 17.8 Å². The second-order valence-electron chi connectivity index (χ2n) is 5.96. The van der Waals surface area contributed by atoms with Gasteiger partial charge in [0, 0.05) is 18.3 Å². The van der Waals surface area contributed by atoms with Crippen molar-refractivity contribution < 1.29 is 9.53 Å². The zero-order valence-electron chi connectivity index (χ0n) is 13.6. The van der Waals surface area contributed by atoms with Gasteiger partial charge in [-0.1, -0.05) is 55.8 Å². The highest BCUT2D eigenvalue weighted by molar-refractivity contribution is 5.83. The van der Waals surface area contributed by atoms with Crippen molar-refractivity contribution in [2.24, 2.45) is 17.8 Å². The lowest BCUT2D eigenvalue weighted by atomic mass is 9.70. The highest BCUT2D eigenvalue weighted by Crippen LogP contribution is 2.36. The van der Waals surface area contributed by atoms with Gasteiger partial charge in [0.05, 0.1) is 13.4 Å². The van der Waals surface area contributed by atoms with Gasteiger partial charge < -0.3 is 4.74 Å². The molecule has 0 aliphatic heterocycles. The number of hydrogen-bond donors (Lipinski definition) is 0. The molecule has 0 unspecified atom stereocenters. The maximum absolute atomic E-state index is 12.5. The smallest absolute Gasteiger partial charge is 0.137 e. The number of carbonyl (C=O) groups is 1. The van der Waals surface area contributed by atoms with Gasteiger partial charge in [-0.05, 0) is 30.4 Å². The Hall–Kier alpha value is -1.83. The molecule has 0 heterocycles. The van der Waals surface area contributed by atoms with Crippen molar-refractivity contribution in [1.82, 2.24) is 0 Å². The van der Waals surface area contributed by atoms with Crippen LogP contribution >= 0.6 is 0 Å². The minimum Gasteiger partial charge on any atom is -0.505 e. The van der Waals surface area contributed by atoms with E-state index < -0.39 is 0 Å². The summed E-state index contributed by atoms with van der Waals surface area (Å²) in [5.41, 5.74) is 1.16. The van der Waals surface area contributed by atoms with E-state index in [0.717, 1.165) is 31.2 Å². The van der Waals surface area contributed by atoms with Crippen LogP contribution in [0.2, 0.25) is 0 Å². The van der Waals surface area contributed by atoms with Gasteiger partial charge >= 0.3 is 0 Å². The summed E-state index contributed by atoms with van der Waals surface area (Å²) in [6.07, 6.45) is 12.0. The molecule has 1 saturated carbocycles. The molecule has 0 bridgehead atoms. The maximum Gasteiger partial charge on any atom is 0.137 e. The molecule has 1 aromatic rings. The van der Waals surface area contributed by atoms with E-state index in [1.807, 2.05) is 24.3 Å². The molecule has 2 nitrogen and oxygen atoms in total. The molecule has 0 N–H and O–H groups in total. The lowest BCUT2D eigenvalue weighted by Gasteiger charge is -2.33. The van der Waals surface area contributed by atoms with Gasteiger partial charge in [0.2, 0.25) is 0 Å². The highest BCUT2D eigenvalue weighted by atomic mass is 16.5. The molecule has 0 radical (unpaired) electrons. The molecule has 118 valence electrons. The Labute approximate surface area is 133 Å². The number of ketones is 1. The van der Waals surface area contributed by atoms with Crippen LogP contribution in [0.4, 0.5) is 0 Å². The second-order valence-corrected chi connectivity index (χ2v) is 5.96. The summed E-state index contributed by atoms with van der Waals surface area (Å²) in [4.78, 5) is 12.5. The predicted octanol–water partition coefficient (Wildman–Crippen LogP) is 4.87. The molecule has 0 amide bonds. The van der Waals surface area contributed by atoms with Crippen LogP contribution < -0.4 is 0 Å². The second kappa shape index (κ2) is 8.57. The topological polar surface area (TPSA) is 26.3 Å². The summed E-state index contributed by atoms with van der Waals surface area (Å²) in [6, 6.07) is 10.2. The van der Waals surface area contributed by atoms with Gasteiger partial charge in [-0.25, -0.2) is 0 Å². The number of carbonyl (C=O) groups excluding carboxylic acids is 1. The molecule has 1 aromatic carbocycles. The number of allylic oxidation sites excluding steroid dienone is 2. The lowest BCUT2D eigenvalue weighted by molar-refractivity contribution is -0.127. The average molecular weight is 298 g/mol. The van der Waals surface area contributed by atoms with Crippen LogP contribution in [-0.4, -0.2) is 12.9 Å². The largest absolute Gasteiger partial charge is 0.505 e. The van der Waals surface area contributed by atoms with E-state index in [-0.39, 0.29) is 11.8 Å². The molecular weight excluding hydrogens is 272 g/mol. The SMILES string of the molecule is CC[C@H]1CCCC(=O)[C@@H]1[C@@H](/C=C\OC)/C=C/c1ccccc1. The number of ether oxygens (including phenoxy) is 1. The van der Waals surface area contributed by atoms with Crippen LogP contribution in [0.5, 0.6) is 0 Å². The van der Waals surface area contributed by atoms with Crippen molar-refractivity contribution in [2.45, 2.75) is 32.6 Å². The van der Waals surface area contributed by atoms with Crippen LogP contribution in [0.1, 0.15) is 38.2 Å². The molecule has 1 aliphatic rings. The highest BCUT2D eigenvalue weighted by Gasteiger charge is 2.34. The summed E-state index contributed by atoms with van der Waals surface area (Å²) in [6.45, 7) is 2.19. The molecule has 1 aliphatic carbocycles. The normalized spacial score (nSPS) is 24.0. The Morgan fingerprint density at radius 2 is 2.05 bits per heavy atom. The average Bonchev–Trinajstić information content (AvgIpc) is 2.56. The summed E-state index contributed by atoms with van der Waals surface area (Å²) < 4.78 is 5.09. The fraction of sp³-hybridized carbons (Fsp3) is 0.450. The first-order chi connectivity index (χ1) is 10.8. The van der Waals surface area contributed by atoms with Crippen molar-refractivity contribution in [2.75, 3.05) is 7.11 Å². The van der Waals surface area contributed by atoms with E-state index in [2.05, 4.69) is 31.2 Å². The first kappa shape index (κ1) is 16.5. The van der Waals surface area contributed by atoms with Crippen molar-refractivity contribution in [3.05, 3.63) is 54.3 Å². The van der Waals surface area contributed by atoms with Crippen LogP contribution in [0.25, 0.3) is 6.08 Å². The first-order valence-corrected chi connectivity index (χ1v) is 8.21. The number of Topliss-reactive ketones (excluding diaryl/α,β-unsaturated/α-hetero) is 1. The monoisotopic (exact) mass is 298 g/mol.